The molecule has 2 aromatic rings. The lowest BCUT2D eigenvalue weighted by molar-refractivity contribution is 0.242. The van der Waals surface area contributed by atoms with Crippen LogP contribution in [0, 0.1) is 6.92 Å². The molecule has 0 saturated carbocycles. The summed E-state index contributed by atoms with van der Waals surface area (Å²) in [5, 5.41) is 12.6. The molecule has 1 fully saturated rings. The number of hydrogen-bond acceptors (Lipinski definition) is 4. The molecule has 1 saturated heterocycles. The zero-order valence-electron chi connectivity index (χ0n) is 14.0. The van der Waals surface area contributed by atoms with E-state index < -0.39 is 0 Å². The van der Waals surface area contributed by atoms with Crippen molar-refractivity contribution in [2.45, 2.75) is 52.1 Å². The second-order valence-corrected chi connectivity index (χ2v) is 7.18. The van der Waals surface area contributed by atoms with E-state index in [2.05, 4.69) is 72.4 Å². The summed E-state index contributed by atoms with van der Waals surface area (Å²) in [6.07, 6.45) is 2.50. The predicted molar refractivity (Wildman–Crippen MR) is 86.6 cm³/mol. The first kappa shape index (κ1) is 15.2. The van der Waals surface area contributed by atoms with Gasteiger partial charge in [0.2, 0.25) is 0 Å². The zero-order valence-corrected chi connectivity index (χ0v) is 14.0. The van der Waals surface area contributed by atoms with Crippen molar-refractivity contribution < 1.29 is 0 Å². The van der Waals surface area contributed by atoms with E-state index in [0.717, 1.165) is 18.9 Å². The largest absolute Gasteiger partial charge is 0.290 e. The third-order valence-electron chi connectivity index (χ3n) is 4.27. The zero-order chi connectivity index (χ0) is 15.7. The van der Waals surface area contributed by atoms with Crippen molar-refractivity contribution in [1.29, 1.82) is 0 Å². The van der Waals surface area contributed by atoms with E-state index in [1.54, 1.807) is 0 Å². The Morgan fingerprint density at radius 2 is 1.68 bits per heavy atom. The SMILES string of the molecule is Cc1ccc(C(c2nnnn2C(C)(C)C)N2CCCC2)cc1. The smallest absolute Gasteiger partial charge is 0.173 e. The van der Waals surface area contributed by atoms with Crippen LogP contribution < -0.4 is 0 Å². The Labute approximate surface area is 132 Å². The van der Waals surface area contributed by atoms with E-state index in [4.69, 9.17) is 0 Å². The van der Waals surface area contributed by atoms with Gasteiger partial charge in [0, 0.05) is 0 Å². The van der Waals surface area contributed by atoms with Gasteiger partial charge in [0.05, 0.1) is 11.6 Å². The molecule has 1 aromatic heterocycles. The Bertz CT molecular complexity index is 617. The maximum atomic E-state index is 4.39. The molecule has 0 radical (unpaired) electrons. The van der Waals surface area contributed by atoms with Gasteiger partial charge >= 0.3 is 0 Å². The van der Waals surface area contributed by atoms with E-state index in [1.807, 2.05) is 4.68 Å². The maximum absolute atomic E-state index is 4.39. The highest BCUT2D eigenvalue weighted by Crippen LogP contribution is 2.32. The van der Waals surface area contributed by atoms with Crippen molar-refractivity contribution in [3.8, 4) is 0 Å². The molecule has 3 rings (SSSR count). The minimum atomic E-state index is -0.124. The predicted octanol–water partition coefficient (Wildman–Crippen LogP) is 2.92. The Morgan fingerprint density at radius 3 is 2.27 bits per heavy atom. The van der Waals surface area contributed by atoms with E-state index in [-0.39, 0.29) is 11.6 Å². The number of rotatable bonds is 3. The average molecular weight is 299 g/mol. The number of tetrazole rings is 1. The summed E-state index contributed by atoms with van der Waals surface area (Å²) in [5.41, 5.74) is 2.42. The molecular formula is C17H25N5. The minimum Gasteiger partial charge on any atom is -0.290 e. The standard InChI is InChI=1S/C17H25N5/c1-13-7-9-14(10-8-13)15(21-11-5-6-12-21)16-18-19-20-22(16)17(2,3)4/h7-10,15H,5-6,11-12H2,1-4H3. The lowest BCUT2D eigenvalue weighted by atomic mass is 10.0. The first-order valence-electron chi connectivity index (χ1n) is 8.06. The van der Waals surface area contributed by atoms with Gasteiger partial charge in [-0.05, 0) is 69.6 Å². The van der Waals surface area contributed by atoms with Crippen molar-refractivity contribution in [1.82, 2.24) is 25.1 Å². The Hall–Kier alpha value is -1.75. The first-order chi connectivity index (χ1) is 10.5. The van der Waals surface area contributed by atoms with Crippen molar-refractivity contribution in [3.63, 3.8) is 0 Å². The fourth-order valence-electron chi connectivity index (χ4n) is 3.11. The van der Waals surface area contributed by atoms with E-state index >= 15 is 0 Å². The summed E-state index contributed by atoms with van der Waals surface area (Å²) >= 11 is 0. The third-order valence-corrected chi connectivity index (χ3v) is 4.27. The second kappa shape index (κ2) is 5.80. The summed E-state index contributed by atoms with van der Waals surface area (Å²) < 4.78 is 1.97. The normalized spacial score (nSPS) is 17.8. The molecule has 1 atom stereocenters. The quantitative estimate of drug-likeness (QED) is 0.874. The van der Waals surface area contributed by atoms with Crippen LogP contribution in [-0.4, -0.2) is 38.2 Å². The van der Waals surface area contributed by atoms with Crippen LogP contribution in [0.25, 0.3) is 0 Å². The van der Waals surface area contributed by atoms with Crippen LogP contribution in [0.15, 0.2) is 24.3 Å². The van der Waals surface area contributed by atoms with Crippen molar-refractivity contribution >= 4 is 0 Å². The second-order valence-electron chi connectivity index (χ2n) is 7.18. The molecule has 1 aromatic carbocycles. The highest BCUT2D eigenvalue weighted by molar-refractivity contribution is 5.28. The maximum Gasteiger partial charge on any atom is 0.173 e. The molecule has 5 nitrogen and oxygen atoms in total. The molecule has 5 heteroatoms. The summed E-state index contributed by atoms with van der Waals surface area (Å²) in [4.78, 5) is 2.50. The van der Waals surface area contributed by atoms with Gasteiger partial charge in [0.1, 0.15) is 0 Å². The molecular weight excluding hydrogens is 274 g/mol. The van der Waals surface area contributed by atoms with Gasteiger partial charge in [0.15, 0.2) is 5.82 Å². The molecule has 118 valence electrons. The highest BCUT2D eigenvalue weighted by atomic mass is 15.6. The van der Waals surface area contributed by atoms with E-state index in [9.17, 15) is 0 Å². The summed E-state index contributed by atoms with van der Waals surface area (Å²) in [6, 6.07) is 8.89. The van der Waals surface area contributed by atoms with Gasteiger partial charge in [-0.2, -0.15) is 0 Å². The molecule has 1 aliphatic rings. The van der Waals surface area contributed by atoms with Crippen molar-refractivity contribution in [3.05, 3.63) is 41.2 Å². The van der Waals surface area contributed by atoms with E-state index in [1.165, 1.54) is 24.0 Å². The monoisotopic (exact) mass is 299 g/mol. The number of benzene rings is 1. The first-order valence-corrected chi connectivity index (χ1v) is 8.06. The minimum absolute atomic E-state index is 0.124. The summed E-state index contributed by atoms with van der Waals surface area (Å²) in [5.74, 6) is 0.943. The van der Waals surface area contributed by atoms with E-state index in [0.29, 0.717) is 0 Å². The third kappa shape index (κ3) is 2.90. The number of nitrogens with zero attached hydrogens (tertiary/aromatic N) is 5. The molecule has 2 heterocycles. The number of hydrogen-bond donors (Lipinski definition) is 0. The van der Waals surface area contributed by atoms with Crippen molar-refractivity contribution in [2.24, 2.45) is 0 Å². The van der Waals surface area contributed by atoms with Gasteiger partial charge < -0.3 is 0 Å². The van der Waals surface area contributed by atoms with Crippen LogP contribution in [0.3, 0.4) is 0 Å². The highest BCUT2D eigenvalue weighted by Gasteiger charge is 2.32. The molecule has 0 spiro atoms. The van der Waals surface area contributed by atoms with Crippen LogP contribution in [0.1, 0.15) is 56.6 Å². The van der Waals surface area contributed by atoms with Gasteiger partial charge in [-0.3, -0.25) is 4.90 Å². The summed E-state index contributed by atoms with van der Waals surface area (Å²) in [7, 11) is 0. The molecule has 1 aliphatic heterocycles. The molecule has 1 unspecified atom stereocenters. The molecule has 22 heavy (non-hydrogen) atoms. The number of aromatic nitrogens is 4. The van der Waals surface area contributed by atoms with Crippen LogP contribution in [-0.2, 0) is 5.54 Å². The van der Waals surface area contributed by atoms with Gasteiger partial charge in [-0.1, -0.05) is 29.8 Å². The van der Waals surface area contributed by atoms with Crippen molar-refractivity contribution in [2.75, 3.05) is 13.1 Å². The lowest BCUT2D eigenvalue weighted by Gasteiger charge is -2.30. The average Bonchev–Trinajstić information content (AvgIpc) is 3.12. The summed E-state index contributed by atoms with van der Waals surface area (Å²) in [6.45, 7) is 10.8. The topological polar surface area (TPSA) is 46.8 Å². The molecule has 0 bridgehead atoms. The Balaban J connectivity index is 2.06. The Kier molecular flexibility index (Phi) is 4.00. The number of aryl methyl sites for hydroxylation is 1. The van der Waals surface area contributed by atoms with Gasteiger partial charge in [-0.25, -0.2) is 4.68 Å². The van der Waals surface area contributed by atoms with Crippen LogP contribution in [0.2, 0.25) is 0 Å². The lowest BCUT2D eigenvalue weighted by Crippen LogP contribution is -2.33. The molecule has 0 N–H and O–H groups in total. The fourth-order valence-corrected chi connectivity index (χ4v) is 3.11. The van der Waals surface area contributed by atoms with Gasteiger partial charge in [0.25, 0.3) is 0 Å². The van der Waals surface area contributed by atoms with Gasteiger partial charge in [-0.15, -0.1) is 5.10 Å². The fraction of sp³-hybridized carbons (Fsp3) is 0.588. The number of likely N-dealkylation sites (tertiary alicyclic amines) is 1. The molecule has 0 aliphatic carbocycles. The Morgan fingerprint density at radius 1 is 1.05 bits per heavy atom. The van der Waals surface area contributed by atoms with Crippen LogP contribution >= 0.6 is 0 Å². The van der Waals surface area contributed by atoms with Crippen LogP contribution in [0.5, 0.6) is 0 Å². The molecule has 0 amide bonds. The van der Waals surface area contributed by atoms with Crippen LogP contribution in [0.4, 0.5) is 0 Å².